The van der Waals surface area contributed by atoms with Crippen molar-refractivity contribution in [2.24, 2.45) is 4.99 Å². The number of hydrogen-bond donors (Lipinski definition) is 1. The molecule has 2 aromatic heterocycles. The monoisotopic (exact) mass is 383 g/mol. The van der Waals surface area contributed by atoms with Gasteiger partial charge in [-0.15, -0.1) is 0 Å². The SMILES string of the molecule is CCc1cc(C2=CCC=CN=C2)nn1-c1ccc(NC(=O)c2cccnc2)cc1. The molecule has 1 aromatic carbocycles. The van der Waals surface area contributed by atoms with Crippen LogP contribution in [0.2, 0.25) is 0 Å². The molecule has 3 aromatic rings. The van der Waals surface area contributed by atoms with Crippen LogP contribution in [0.15, 0.2) is 78.2 Å². The van der Waals surface area contributed by atoms with Gasteiger partial charge in [0.05, 0.1) is 16.9 Å². The quantitative estimate of drug-likeness (QED) is 0.707. The molecule has 1 aliphatic rings. The van der Waals surface area contributed by atoms with Crippen molar-refractivity contribution < 1.29 is 4.79 Å². The van der Waals surface area contributed by atoms with Gasteiger partial charge in [-0.25, -0.2) is 4.68 Å². The molecule has 144 valence electrons. The highest BCUT2D eigenvalue weighted by molar-refractivity contribution is 6.09. The van der Waals surface area contributed by atoms with E-state index in [9.17, 15) is 4.79 Å². The van der Waals surface area contributed by atoms with E-state index in [0.717, 1.165) is 41.2 Å². The van der Waals surface area contributed by atoms with Crippen molar-refractivity contribution in [3.05, 3.63) is 90.2 Å². The lowest BCUT2D eigenvalue weighted by atomic mass is 10.1. The summed E-state index contributed by atoms with van der Waals surface area (Å²) in [4.78, 5) is 20.5. The fourth-order valence-corrected chi connectivity index (χ4v) is 3.09. The summed E-state index contributed by atoms with van der Waals surface area (Å²) in [7, 11) is 0. The van der Waals surface area contributed by atoms with Crippen LogP contribution in [0.5, 0.6) is 0 Å². The maximum atomic E-state index is 12.3. The van der Waals surface area contributed by atoms with Crippen molar-refractivity contribution in [3.63, 3.8) is 0 Å². The molecule has 0 fully saturated rings. The van der Waals surface area contributed by atoms with Gasteiger partial charge >= 0.3 is 0 Å². The standard InChI is InChI=1S/C23H21N5O/c1-2-20-14-22(17-6-3-4-12-24-15-17)27-28(20)21-10-8-19(9-11-21)26-23(29)18-7-5-13-25-16-18/h4-16H,2-3H2,1H3,(H,26,29). The molecule has 4 rings (SSSR count). The fourth-order valence-electron chi connectivity index (χ4n) is 3.09. The molecule has 6 heteroatoms. The Morgan fingerprint density at radius 3 is 2.83 bits per heavy atom. The maximum absolute atomic E-state index is 12.3. The highest BCUT2D eigenvalue weighted by Gasteiger charge is 2.12. The summed E-state index contributed by atoms with van der Waals surface area (Å²) in [5.41, 5.74) is 5.22. The molecular weight excluding hydrogens is 362 g/mol. The average molecular weight is 383 g/mol. The first kappa shape index (κ1) is 18.6. The third-order valence-electron chi connectivity index (χ3n) is 4.61. The first-order valence-electron chi connectivity index (χ1n) is 9.54. The lowest BCUT2D eigenvalue weighted by molar-refractivity contribution is 0.102. The highest BCUT2D eigenvalue weighted by Crippen LogP contribution is 2.21. The van der Waals surface area contributed by atoms with E-state index in [2.05, 4.69) is 34.4 Å². The van der Waals surface area contributed by atoms with Crippen molar-refractivity contribution in [2.45, 2.75) is 19.8 Å². The lowest BCUT2D eigenvalue weighted by Gasteiger charge is -2.08. The average Bonchev–Trinajstić information content (AvgIpc) is 3.01. The molecule has 0 bridgehead atoms. The van der Waals surface area contributed by atoms with Gasteiger partial charge in [0.15, 0.2) is 0 Å². The number of aryl methyl sites for hydroxylation is 1. The van der Waals surface area contributed by atoms with Crippen LogP contribution in [-0.2, 0) is 6.42 Å². The molecule has 6 nitrogen and oxygen atoms in total. The molecule has 1 aliphatic heterocycles. The highest BCUT2D eigenvalue weighted by atomic mass is 16.1. The minimum atomic E-state index is -0.185. The van der Waals surface area contributed by atoms with Gasteiger partial charge in [0.2, 0.25) is 0 Å². The van der Waals surface area contributed by atoms with Gasteiger partial charge in [-0.05, 0) is 55.3 Å². The zero-order valence-corrected chi connectivity index (χ0v) is 16.1. The molecule has 0 unspecified atom stereocenters. The van der Waals surface area contributed by atoms with Crippen molar-refractivity contribution in [1.82, 2.24) is 14.8 Å². The maximum Gasteiger partial charge on any atom is 0.257 e. The summed E-state index contributed by atoms with van der Waals surface area (Å²) in [5, 5.41) is 7.68. The van der Waals surface area contributed by atoms with Crippen molar-refractivity contribution in [2.75, 3.05) is 5.32 Å². The number of benzene rings is 1. The molecular formula is C23H21N5O. The second-order valence-corrected chi connectivity index (χ2v) is 6.59. The fraction of sp³-hybridized carbons (Fsp3) is 0.130. The third-order valence-corrected chi connectivity index (χ3v) is 4.61. The van der Waals surface area contributed by atoms with Gasteiger partial charge in [0, 0.05) is 41.8 Å². The molecule has 0 radical (unpaired) electrons. The summed E-state index contributed by atoms with van der Waals surface area (Å²) in [5.74, 6) is -0.185. The van der Waals surface area contributed by atoms with E-state index in [4.69, 9.17) is 5.10 Å². The number of hydrogen-bond acceptors (Lipinski definition) is 4. The molecule has 3 heterocycles. The summed E-state index contributed by atoms with van der Waals surface area (Å²) >= 11 is 0. The van der Waals surface area contributed by atoms with Crippen LogP contribution in [0.3, 0.4) is 0 Å². The van der Waals surface area contributed by atoms with E-state index in [0.29, 0.717) is 5.56 Å². The number of amides is 1. The van der Waals surface area contributed by atoms with Crippen LogP contribution >= 0.6 is 0 Å². The van der Waals surface area contributed by atoms with Crippen molar-refractivity contribution >= 4 is 23.4 Å². The number of rotatable bonds is 5. The number of carbonyl (C=O) groups is 1. The lowest BCUT2D eigenvalue weighted by Crippen LogP contribution is -2.12. The Hall–Kier alpha value is -3.80. The van der Waals surface area contributed by atoms with Gasteiger partial charge in [-0.1, -0.05) is 19.1 Å². The van der Waals surface area contributed by atoms with Gasteiger partial charge in [-0.3, -0.25) is 14.8 Å². The molecule has 0 spiro atoms. The number of nitrogens with zero attached hydrogens (tertiary/aromatic N) is 4. The van der Waals surface area contributed by atoms with E-state index in [1.807, 2.05) is 41.2 Å². The Labute approximate surface area is 169 Å². The molecule has 0 saturated heterocycles. The van der Waals surface area contributed by atoms with E-state index in [-0.39, 0.29) is 5.91 Å². The number of allylic oxidation sites excluding steroid dienone is 3. The largest absolute Gasteiger partial charge is 0.322 e. The second-order valence-electron chi connectivity index (χ2n) is 6.59. The van der Waals surface area contributed by atoms with Gasteiger partial charge in [0.1, 0.15) is 0 Å². The van der Waals surface area contributed by atoms with Crippen LogP contribution in [-0.4, -0.2) is 26.9 Å². The Morgan fingerprint density at radius 2 is 2.07 bits per heavy atom. The van der Waals surface area contributed by atoms with Crippen LogP contribution in [0.25, 0.3) is 11.3 Å². The summed E-state index contributed by atoms with van der Waals surface area (Å²) < 4.78 is 1.94. The second kappa shape index (κ2) is 8.48. The van der Waals surface area contributed by atoms with E-state index in [1.165, 1.54) is 0 Å². The van der Waals surface area contributed by atoms with Crippen LogP contribution in [0.1, 0.15) is 35.1 Å². The van der Waals surface area contributed by atoms with Crippen molar-refractivity contribution in [1.29, 1.82) is 0 Å². The van der Waals surface area contributed by atoms with Gasteiger partial charge in [0.25, 0.3) is 5.91 Å². The molecule has 0 atom stereocenters. The molecule has 0 aliphatic carbocycles. The predicted octanol–water partition coefficient (Wildman–Crippen LogP) is 4.45. The topological polar surface area (TPSA) is 72.2 Å². The number of anilines is 1. The number of aromatic nitrogens is 3. The molecule has 1 N–H and O–H groups in total. The van der Waals surface area contributed by atoms with Gasteiger partial charge in [-0.2, -0.15) is 5.10 Å². The van der Waals surface area contributed by atoms with Crippen LogP contribution in [0.4, 0.5) is 5.69 Å². The number of pyridine rings is 1. The molecule has 29 heavy (non-hydrogen) atoms. The first-order chi connectivity index (χ1) is 14.2. The minimum absolute atomic E-state index is 0.185. The summed E-state index contributed by atoms with van der Waals surface area (Å²) in [6, 6.07) is 13.2. The normalized spacial score (nSPS) is 13.1. The number of carbonyl (C=O) groups excluding carboxylic acids is 1. The smallest absolute Gasteiger partial charge is 0.257 e. The van der Waals surface area contributed by atoms with E-state index in [1.54, 1.807) is 30.7 Å². The first-order valence-corrected chi connectivity index (χ1v) is 9.54. The number of nitrogens with one attached hydrogen (secondary N) is 1. The minimum Gasteiger partial charge on any atom is -0.322 e. The van der Waals surface area contributed by atoms with Crippen molar-refractivity contribution in [3.8, 4) is 5.69 Å². The Morgan fingerprint density at radius 1 is 1.21 bits per heavy atom. The Kier molecular flexibility index (Phi) is 5.42. The Bertz CT molecular complexity index is 1090. The summed E-state index contributed by atoms with van der Waals surface area (Å²) in [6.07, 6.45) is 12.7. The Balaban J connectivity index is 1.56. The predicted molar refractivity (Wildman–Crippen MR) is 115 cm³/mol. The molecule has 0 saturated carbocycles. The van der Waals surface area contributed by atoms with E-state index >= 15 is 0 Å². The van der Waals surface area contributed by atoms with Crippen LogP contribution in [0, 0.1) is 0 Å². The molecule has 1 amide bonds. The van der Waals surface area contributed by atoms with Crippen LogP contribution < -0.4 is 5.32 Å². The zero-order chi connectivity index (χ0) is 20.1. The summed E-state index contributed by atoms with van der Waals surface area (Å²) in [6.45, 7) is 2.11. The van der Waals surface area contributed by atoms with E-state index < -0.39 is 0 Å². The third kappa shape index (κ3) is 4.21. The number of aliphatic imine (C=N–C) groups is 1. The van der Waals surface area contributed by atoms with Gasteiger partial charge < -0.3 is 5.32 Å². The zero-order valence-electron chi connectivity index (χ0n) is 16.1.